The van der Waals surface area contributed by atoms with E-state index in [2.05, 4.69) is 16.0 Å². The highest BCUT2D eigenvalue weighted by atomic mass is 19.1. The quantitative estimate of drug-likeness (QED) is 0.496. The number of rotatable bonds is 5. The Morgan fingerprint density at radius 3 is 2.52 bits per heavy atom. The minimum absolute atomic E-state index is 0.126. The predicted molar refractivity (Wildman–Crippen MR) is 153 cm³/mol. The molecule has 2 aromatic carbocycles. The second-order valence-electron chi connectivity index (χ2n) is 11.2. The molecular weight excluding hydrogens is 543 g/mol. The van der Waals surface area contributed by atoms with Crippen LogP contribution < -0.4 is 20.7 Å². The predicted octanol–water partition coefficient (Wildman–Crippen LogP) is 2.17. The molecule has 42 heavy (non-hydrogen) atoms. The number of nitrogens with one attached hydrogen (secondary N) is 3. The molecular formula is C31H39FN4O6. The van der Waals surface area contributed by atoms with Gasteiger partial charge in [0.15, 0.2) is 0 Å². The molecule has 0 unspecified atom stereocenters. The highest BCUT2D eigenvalue weighted by Gasteiger charge is 2.37. The van der Waals surface area contributed by atoms with Crippen LogP contribution in [0, 0.1) is 11.7 Å². The van der Waals surface area contributed by atoms with Crippen molar-refractivity contribution in [3.8, 4) is 5.75 Å². The average Bonchev–Trinajstić information content (AvgIpc) is 2.98. The first-order valence-electron chi connectivity index (χ1n) is 14.3. The number of para-hydroxylation sites is 1. The van der Waals surface area contributed by atoms with Crippen molar-refractivity contribution < 1.29 is 33.0 Å². The van der Waals surface area contributed by atoms with Crippen molar-refractivity contribution in [1.29, 1.82) is 0 Å². The number of fused-ring (bicyclic) bond motifs is 1. The van der Waals surface area contributed by atoms with Gasteiger partial charge in [-0.2, -0.15) is 0 Å². The molecule has 2 aliphatic rings. The second-order valence-corrected chi connectivity index (χ2v) is 11.2. The molecule has 0 spiro atoms. The molecule has 4 rings (SSSR count). The molecule has 1 fully saturated rings. The summed E-state index contributed by atoms with van der Waals surface area (Å²) in [6, 6.07) is 10.8. The first-order chi connectivity index (χ1) is 20.1. The number of carbonyl (C=O) groups excluding carboxylic acids is 4. The SMILES string of the molecule is CC(C)[C@@H]1NC(=O)C[C@@H](C(=O)NCC2(c3cccc(F)c3)CCOCC2)NC(=O)c2ccccc2OCCN(C)C1=O. The molecule has 0 saturated carbocycles. The van der Waals surface area contributed by atoms with E-state index in [1.807, 2.05) is 19.9 Å². The fourth-order valence-electron chi connectivity index (χ4n) is 5.32. The van der Waals surface area contributed by atoms with Gasteiger partial charge in [-0.3, -0.25) is 19.2 Å². The van der Waals surface area contributed by atoms with Crippen LogP contribution in [0.25, 0.3) is 0 Å². The highest BCUT2D eigenvalue weighted by Crippen LogP contribution is 2.34. The summed E-state index contributed by atoms with van der Waals surface area (Å²) in [5.74, 6) is -2.29. The second kappa shape index (κ2) is 13.8. The average molecular weight is 583 g/mol. The number of nitrogens with zero attached hydrogens (tertiary/aromatic N) is 1. The van der Waals surface area contributed by atoms with Crippen LogP contribution in [0.15, 0.2) is 48.5 Å². The smallest absolute Gasteiger partial charge is 0.255 e. The lowest BCUT2D eigenvalue weighted by atomic mass is 9.74. The molecule has 2 heterocycles. The number of amides is 4. The number of benzene rings is 2. The number of carbonyl (C=O) groups is 4. The summed E-state index contributed by atoms with van der Waals surface area (Å²) >= 11 is 0. The third kappa shape index (κ3) is 7.44. The van der Waals surface area contributed by atoms with Crippen LogP contribution in [0.2, 0.25) is 0 Å². The number of hydrogen-bond acceptors (Lipinski definition) is 6. The molecule has 3 N–H and O–H groups in total. The van der Waals surface area contributed by atoms with Gasteiger partial charge in [0.05, 0.1) is 18.5 Å². The lowest BCUT2D eigenvalue weighted by Gasteiger charge is -2.38. The molecule has 1 saturated heterocycles. The molecule has 0 aromatic heterocycles. The standard InChI is InChI=1S/C31H39FN4O6/c1-20(2)27-30(40)36(3)13-16-42-25-10-5-4-9-23(25)28(38)34-24(18-26(37)35-27)29(39)33-19-31(11-14-41-15-12-31)21-7-6-8-22(32)17-21/h4-10,17,20,24,27H,11-16,18-19H2,1-3H3,(H,33,39)(H,34,38)(H,35,37)/t24-,27-/m0/s1. The van der Waals surface area contributed by atoms with E-state index in [-0.39, 0.29) is 42.9 Å². The largest absolute Gasteiger partial charge is 0.491 e. The van der Waals surface area contributed by atoms with Gasteiger partial charge in [0.25, 0.3) is 5.91 Å². The Kier molecular flexibility index (Phi) is 10.2. The molecule has 10 nitrogen and oxygen atoms in total. The molecule has 0 aliphatic carbocycles. The van der Waals surface area contributed by atoms with Crippen molar-refractivity contribution in [3.63, 3.8) is 0 Å². The van der Waals surface area contributed by atoms with E-state index in [9.17, 15) is 23.6 Å². The van der Waals surface area contributed by atoms with Crippen LogP contribution in [0.1, 0.15) is 49.0 Å². The zero-order valence-corrected chi connectivity index (χ0v) is 24.3. The first-order valence-corrected chi connectivity index (χ1v) is 14.3. The number of likely N-dealkylation sites (N-methyl/N-ethyl adjacent to an activating group) is 1. The number of ether oxygens (including phenoxy) is 2. The van der Waals surface area contributed by atoms with Crippen molar-refractivity contribution in [2.45, 2.75) is 50.6 Å². The van der Waals surface area contributed by atoms with Gasteiger partial charge in [-0.05, 0) is 48.6 Å². The molecule has 11 heteroatoms. The van der Waals surface area contributed by atoms with Crippen molar-refractivity contribution in [2.24, 2.45) is 5.92 Å². The van der Waals surface area contributed by atoms with Crippen LogP contribution in [-0.4, -0.2) is 80.6 Å². The van der Waals surface area contributed by atoms with E-state index in [4.69, 9.17) is 9.47 Å². The number of hydrogen-bond donors (Lipinski definition) is 3. The Balaban J connectivity index is 1.60. The summed E-state index contributed by atoms with van der Waals surface area (Å²) < 4.78 is 25.5. The molecule has 0 radical (unpaired) electrons. The Morgan fingerprint density at radius 2 is 1.81 bits per heavy atom. The van der Waals surface area contributed by atoms with E-state index in [0.717, 1.165) is 5.56 Å². The summed E-state index contributed by atoms with van der Waals surface area (Å²) in [6.45, 7) is 5.06. The number of halogens is 1. The van der Waals surface area contributed by atoms with E-state index in [1.165, 1.54) is 17.0 Å². The maximum atomic E-state index is 14.2. The van der Waals surface area contributed by atoms with E-state index in [1.54, 1.807) is 37.4 Å². The Hall–Kier alpha value is -3.99. The Bertz CT molecular complexity index is 1300. The van der Waals surface area contributed by atoms with E-state index < -0.39 is 41.6 Å². The summed E-state index contributed by atoms with van der Waals surface area (Å²) in [6.07, 6.45) is 0.728. The van der Waals surface area contributed by atoms with Gasteiger partial charge in [0.1, 0.15) is 30.3 Å². The van der Waals surface area contributed by atoms with Gasteiger partial charge in [-0.15, -0.1) is 0 Å². The van der Waals surface area contributed by atoms with Gasteiger partial charge in [-0.25, -0.2) is 4.39 Å². The van der Waals surface area contributed by atoms with Gasteiger partial charge >= 0.3 is 0 Å². The molecule has 0 bridgehead atoms. The molecule has 2 atom stereocenters. The molecule has 4 amide bonds. The van der Waals surface area contributed by atoms with Gasteiger partial charge < -0.3 is 30.3 Å². The fraction of sp³-hybridized carbons (Fsp3) is 0.484. The summed E-state index contributed by atoms with van der Waals surface area (Å²) in [5.41, 5.74) is 0.360. The zero-order valence-electron chi connectivity index (χ0n) is 24.3. The summed E-state index contributed by atoms with van der Waals surface area (Å²) in [5, 5.41) is 8.36. The van der Waals surface area contributed by atoms with E-state index in [0.29, 0.717) is 31.8 Å². The van der Waals surface area contributed by atoms with Gasteiger partial charge in [0.2, 0.25) is 17.7 Å². The molecule has 2 aliphatic heterocycles. The van der Waals surface area contributed by atoms with Gasteiger partial charge in [0, 0.05) is 32.2 Å². The molecule has 226 valence electrons. The van der Waals surface area contributed by atoms with Crippen LogP contribution >= 0.6 is 0 Å². The lowest BCUT2D eigenvalue weighted by Crippen LogP contribution is -2.55. The Labute approximate surface area is 245 Å². The molecule has 2 aromatic rings. The summed E-state index contributed by atoms with van der Waals surface area (Å²) in [7, 11) is 1.62. The first kappa shape index (κ1) is 31.0. The minimum Gasteiger partial charge on any atom is -0.491 e. The van der Waals surface area contributed by atoms with E-state index >= 15 is 0 Å². The highest BCUT2D eigenvalue weighted by molar-refractivity contribution is 6.01. The third-order valence-corrected chi connectivity index (χ3v) is 7.94. The maximum absolute atomic E-state index is 14.2. The van der Waals surface area contributed by atoms with Crippen LogP contribution in [-0.2, 0) is 24.5 Å². The van der Waals surface area contributed by atoms with Crippen molar-refractivity contribution in [2.75, 3.05) is 40.0 Å². The van der Waals surface area contributed by atoms with Crippen molar-refractivity contribution in [3.05, 3.63) is 65.5 Å². The topological polar surface area (TPSA) is 126 Å². The van der Waals surface area contributed by atoms with Crippen molar-refractivity contribution in [1.82, 2.24) is 20.9 Å². The normalized spacial score (nSPS) is 21.8. The van der Waals surface area contributed by atoms with Crippen LogP contribution in [0.5, 0.6) is 5.75 Å². The monoisotopic (exact) mass is 582 g/mol. The minimum atomic E-state index is -1.25. The zero-order chi connectivity index (χ0) is 30.3. The maximum Gasteiger partial charge on any atom is 0.255 e. The Morgan fingerprint density at radius 1 is 1.07 bits per heavy atom. The van der Waals surface area contributed by atoms with Gasteiger partial charge in [-0.1, -0.05) is 38.1 Å². The fourth-order valence-corrected chi connectivity index (χ4v) is 5.32. The van der Waals surface area contributed by atoms with Crippen molar-refractivity contribution >= 4 is 23.6 Å². The lowest BCUT2D eigenvalue weighted by molar-refractivity contribution is -0.137. The van der Waals surface area contributed by atoms with Crippen LogP contribution in [0.3, 0.4) is 0 Å². The summed E-state index contributed by atoms with van der Waals surface area (Å²) in [4.78, 5) is 54.9. The third-order valence-electron chi connectivity index (χ3n) is 7.94. The van der Waals surface area contributed by atoms with Crippen LogP contribution in [0.4, 0.5) is 4.39 Å².